The number of methoxy groups -OCH3 is 1. The van der Waals surface area contributed by atoms with Gasteiger partial charge in [-0.2, -0.15) is 9.50 Å². The van der Waals surface area contributed by atoms with Gasteiger partial charge in [-0.3, -0.25) is 9.59 Å². The second-order valence-corrected chi connectivity index (χ2v) is 7.37. The number of rotatable bonds is 4. The van der Waals surface area contributed by atoms with Crippen molar-refractivity contribution in [1.29, 1.82) is 0 Å². The van der Waals surface area contributed by atoms with Crippen molar-refractivity contribution in [2.24, 2.45) is 0 Å². The summed E-state index contributed by atoms with van der Waals surface area (Å²) in [6.07, 6.45) is 1.73. The van der Waals surface area contributed by atoms with E-state index in [2.05, 4.69) is 10.1 Å². The second kappa shape index (κ2) is 7.48. The van der Waals surface area contributed by atoms with Crippen LogP contribution in [0.15, 0.2) is 47.3 Å². The van der Waals surface area contributed by atoms with Gasteiger partial charge in [-0.1, -0.05) is 41.7 Å². The Morgan fingerprint density at radius 1 is 1.17 bits per heavy atom. The molecule has 0 aliphatic rings. The van der Waals surface area contributed by atoms with Crippen LogP contribution in [0.25, 0.3) is 22.4 Å². The van der Waals surface area contributed by atoms with Crippen molar-refractivity contribution >= 4 is 28.3 Å². The van der Waals surface area contributed by atoms with Gasteiger partial charge < -0.3 is 9.47 Å². The number of nitrogens with zero attached hydrogens (tertiary/aromatic N) is 3. The summed E-state index contributed by atoms with van der Waals surface area (Å²) in [5.74, 6) is 0.829. The monoisotopic (exact) mass is 407 g/mol. The van der Waals surface area contributed by atoms with Crippen molar-refractivity contribution in [3.8, 4) is 22.9 Å². The van der Waals surface area contributed by atoms with Crippen molar-refractivity contribution < 1.29 is 14.3 Å². The molecule has 0 radical (unpaired) electrons. The molecule has 0 amide bonds. The SMILES string of the molecule is COc1cc(/C=c2/sc3nc(-c4ccccc4C)nn3c2=O)ccc1OC(C)=O. The molecule has 7 nitrogen and oxygen atoms in total. The van der Waals surface area contributed by atoms with E-state index in [0.29, 0.717) is 26.8 Å². The highest BCUT2D eigenvalue weighted by atomic mass is 32.1. The highest BCUT2D eigenvalue weighted by molar-refractivity contribution is 7.15. The second-order valence-electron chi connectivity index (χ2n) is 6.36. The quantitative estimate of drug-likeness (QED) is 0.382. The molecule has 0 aliphatic carbocycles. The van der Waals surface area contributed by atoms with Crippen molar-refractivity contribution in [1.82, 2.24) is 14.6 Å². The third-order valence-electron chi connectivity index (χ3n) is 4.31. The molecule has 4 aromatic rings. The minimum absolute atomic E-state index is 0.236. The zero-order valence-electron chi connectivity index (χ0n) is 16.0. The Kier molecular flexibility index (Phi) is 4.85. The Balaban J connectivity index is 1.75. The van der Waals surface area contributed by atoms with Crippen LogP contribution in [0.1, 0.15) is 18.1 Å². The van der Waals surface area contributed by atoms with Gasteiger partial charge >= 0.3 is 5.97 Å². The number of carbonyl (C=O) groups is 1. The van der Waals surface area contributed by atoms with Crippen LogP contribution < -0.4 is 19.6 Å². The maximum atomic E-state index is 12.8. The molecule has 0 spiro atoms. The molecule has 0 saturated heterocycles. The lowest BCUT2D eigenvalue weighted by Gasteiger charge is -2.08. The van der Waals surface area contributed by atoms with Gasteiger partial charge in [0.1, 0.15) is 0 Å². The number of esters is 1. The number of hydrogen-bond acceptors (Lipinski definition) is 7. The number of thiazole rings is 1. The molecule has 2 heterocycles. The lowest BCUT2D eigenvalue weighted by atomic mass is 10.1. The van der Waals surface area contributed by atoms with Gasteiger partial charge in [0, 0.05) is 12.5 Å². The summed E-state index contributed by atoms with van der Waals surface area (Å²) in [6.45, 7) is 3.30. The Labute approximate surface area is 169 Å². The summed E-state index contributed by atoms with van der Waals surface area (Å²) in [7, 11) is 1.49. The fraction of sp³-hybridized carbons (Fsp3) is 0.143. The molecule has 2 aromatic carbocycles. The molecule has 2 aromatic heterocycles. The van der Waals surface area contributed by atoms with Crippen molar-refractivity contribution in [2.75, 3.05) is 7.11 Å². The third kappa shape index (κ3) is 3.62. The Morgan fingerprint density at radius 3 is 2.66 bits per heavy atom. The first-order chi connectivity index (χ1) is 14.0. The average Bonchev–Trinajstić information content (AvgIpc) is 3.22. The summed E-state index contributed by atoms with van der Waals surface area (Å²) in [4.78, 5) is 29.0. The lowest BCUT2D eigenvalue weighted by Crippen LogP contribution is -2.23. The molecule has 0 unspecified atom stereocenters. The maximum absolute atomic E-state index is 12.8. The Bertz CT molecular complexity index is 1340. The molecular formula is C21H17N3O4S. The van der Waals surface area contributed by atoms with E-state index in [0.717, 1.165) is 16.7 Å². The van der Waals surface area contributed by atoms with Gasteiger partial charge in [-0.25, -0.2) is 0 Å². The van der Waals surface area contributed by atoms with E-state index in [-0.39, 0.29) is 5.56 Å². The number of fused-ring (bicyclic) bond motifs is 1. The van der Waals surface area contributed by atoms with Crippen LogP contribution in [0.3, 0.4) is 0 Å². The Morgan fingerprint density at radius 2 is 1.97 bits per heavy atom. The summed E-state index contributed by atoms with van der Waals surface area (Å²) in [5.41, 5.74) is 2.45. The fourth-order valence-corrected chi connectivity index (χ4v) is 3.84. The first kappa shape index (κ1) is 18.8. The van der Waals surface area contributed by atoms with Crippen LogP contribution >= 0.6 is 11.3 Å². The fourth-order valence-electron chi connectivity index (χ4n) is 2.94. The predicted octanol–water partition coefficient (Wildman–Crippen LogP) is 2.61. The van der Waals surface area contributed by atoms with Gasteiger partial charge in [-0.05, 0) is 36.3 Å². The number of benzene rings is 2. The molecule has 0 fully saturated rings. The third-order valence-corrected chi connectivity index (χ3v) is 5.27. The first-order valence-corrected chi connectivity index (χ1v) is 9.61. The van der Waals surface area contributed by atoms with E-state index >= 15 is 0 Å². The number of aryl methyl sites for hydroxylation is 1. The number of hydrogen-bond donors (Lipinski definition) is 0. The minimum atomic E-state index is -0.433. The Hall–Kier alpha value is -3.52. The first-order valence-electron chi connectivity index (χ1n) is 8.80. The largest absolute Gasteiger partial charge is 0.493 e. The molecule has 0 atom stereocenters. The molecule has 8 heteroatoms. The lowest BCUT2D eigenvalue weighted by molar-refractivity contribution is -0.132. The highest BCUT2D eigenvalue weighted by Gasteiger charge is 2.13. The van der Waals surface area contributed by atoms with Gasteiger partial charge in [0.15, 0.2) is 17.3 Å². The number of ether oxygens (including phenoxy) is 2. The molecular weight excluding hydrogens is 390 g/mol. The molecule has 0 bridgehead atoms. The molecule has 146 valence electrons. The topological polar surface area (TPSA) is 82.8 Å². The van der Waals surface area contributed by atoms with Gasteiger partial charge in [0.05, 0.1) is 11.6 Å². The highest BCUT2D eigenvalue weighted by Crippen LogP contribution is 2.28. The van der Waals surface area contributed by atoms with Crippen LogP contribution in [0.4, 0.5) is 0 Å². The van der Waals surface area contributed by atoms with Crippen molar-refractivity contribution in [3.63, 3.8) is 0 Å². The van der Waals surface area contributed by atoms with Crippen LogP contribution in [-0.2, 0) is 4.79 Å². The van der Waals surface area contributed by atoms with E-state index in [1.54, 1.807) is 24.3 Å². The average molecular weight is 407 g/mol. The molecule has 4 rings (SSSR count). The molecule has 0 saturated carbocycles. The number of carbonyl (C=O) groups excluding carboxylic acids is 1. The predicted molar refractivity (Wildman–Crippen MR) is 110 cm³/mol. The minimum Gasteiger partial charge on any atom is -0.493 e. The van der Waals surface area contributed by atoms with Crippen LogP contribution in [0, 0.1) is 6.92 Å². The van der Waals surface area contributed by atoms with Gasteiger partial charge in [0.25, 0.3) is 5.56 Å². The van der Waals surface area contributed by atoms with E-state index in [9.17, 15) is 9.59 Å². The zero-order valence-corrected chi connectivity index (χ0v) is 16.8. The smallest absolute Gasteiger partial charge is 0.308 e. The standard InChI is InChI=1S/C21H17N3O4S/c1-12-6-4-5-7-15(12)19-22-21-24(23-19)20(26)18(29-21)11-14-8-9-16(28-13(2)25)17(10-14)27-3/h4-11H,1-3H3/b18-11+. The van der Waals surface area contributed by atoms with Crippen molar-refractivity contribution in [2.45, 2.75) is 13.8 Å². The van der Waals surface area contributed by atoms with E-state index in [1.165, 1.54) is 29.9 Å². The van der Waals surface area contributed by atoms with E-state index in [4.69, 9.17) is 9.47 Å². The van der Waals surface area contributed by atoms with Gasteiger partial charge in [0.2, 0.25) is 4.96 Å². The summed E-state index contributed by atoms with van der Waals surface area (Å²) in [6, 6.07) is 12.9. The summed E-state index contributed by atoms with van der Waals surface area (Å²) in [5, 5.41) is 4.39. The summed E-state index contributed by atoms with van der Waals surface area (Å²) >= 11 is 1.26. The zero-order chi connectivity index (χ0) is 20.5. The normalized spacial score (nSPS) is 11.8. The maximum Gasteiger partial charge on any atom is 0.308 e. The summed E-state index contributed by atoms with van der Waals surface area (Å²) < 4.78 is 12.2. The van der Waals surface area contributed by atoms with Gasteiger partial charge in [-0.15, -0.1) is 5.10 Å². The van der Waals surface area contributed by atoms with Crippen LogP contribution in [-0.4, -0.2) is 27.7 Å². The number of aromatic nitrogens is 3. The van der Waals surface area contributed by atoms with Crippen LogP contribution in [0.5, 0.6) is 11.5 Å². The molecule has 0 aliphatic heterocycles. The molecule has 29 heavy (non-hydrogen) atoms. The van der Waals surface area contributed by atoms with E-state index in [1.807, 2.05) is 31.2 Å². The van der Waals surface area contributed by atoms with E-state index < -0.39 is 5.97 Å². The van der Waals surface area contributed by atoms with Crippen LogP contribution in [0.2, 0.25) is 0 Å². The molecule has 0 N–H and O–H groups in total. The van der Waals surface area contributed by atoms with Crippen molar-refractivity contribution in [3.05, 3.63) is 68.5 Å².